The van der Waals surface area contributed by atoms with Gasteiger partial charge in [0.1, 0.15) is 0 Å². The molecule has 2 heteroatoms. The second-order valence-electron chi connectivity index (χ2n) is 4.88. The lowest BCUT2D eigenvalue weighted by molar-refractivity contribution is 1.36. The number of nitrogens with zero attached hydrogens (tertiary/aromatic N) is 2. The lowest BCUT2D eigenvalue weighted by atomic mass is 10.00. The molecule has 2 heterocycles. The lowest BCUT2D eigenvalue weighted by Crippen LogP contribution is -1.81. The van der Waals surface area contributed by atoms with E-state index >= 15 is 0 Å². The van der Waals surface area contributed by atoms with E-state index in [0.29, 0.717) is 0 Å². The summed E-state index contributed by atoms with van der Waals surface area (Å²) in [5.41, 5.74) is 2.45. The molecule has 0 N–H and O–H groups in total. The minimum absolute atomic E-state index is 1.17. The molecule has 0 fully saturated rings. The van der Waals surface area contributed by atoms with Crippen LogP contribution in [-0.4, -0.2) is 9.97 Å². The van der Waals surface area contributed by atoms with Gasteiger partial charge in [-0.25, -0.2) is 0 Å². The van der Waals surface area contributed by atoms with Crippen LogP contribution in [0.3, 0.4) is 0 Å². The molecule has 0 atom stereocenters. The van der Waals surface area contributed by atoms with Gasteiger partial charge in [0.05, 0.1) is 0 Å². The summed E-state index contributed by atoms with van der Waals surface area (Å²) in [6, 6.07) is 17.0. The first-order chi connectivity index (χ1) is 9.90. The highest BCUT2D eigenvalue weighted by Crippen LogP contribution is 2.26. The third-order valence-corrected chi connectivity index (χ3v) is 3.61. The Hall–Kier alpha value is -2.74. The molecule has 4 rings (SSSR count). The van der Waals surface area contributed by atoms with E-state index in [0.717, 1.165) is 0 Å². The Morgan fingerprint density at radius 2 is 1.00 bits per heavy atom. The molecule has 0 radical (unpaired) electrons. The first-order valence-electron chi connectivity index (χ1n) is 6.58. The summed E-state index contributed by atoms with van der Waals surface area (Å²) in [6.45, 7) is 0. The predicted molar refractivity (Wildman–Crippen MR) is 82.5 cm³/mol. The van der Waals surface area contributed by atoms with Gasteiger partial charge in [-0.15, -0.1) is 0 Å². The summed E-state index contributed by atoms with van der Waals surface area (Å²) >= 11 is 0. The Bertz CT molecular complexity index is 836. The Morgan fingerprint density at radius 1 is 0.500 bits per heavy atom. The average molecular weight is 256 g/mol. The molecule has 0 amide bonds. The van der Waals surface area contributed by atoms with Gasteiger partial charge in [0.25, 0.3) is 0 Å². The van der Waals surface area contributed by atoms with Crippen molar-refractivity contribution in [1.29, 1.82) is 0 Å². The molecule has 0 spiro atoms. The summed E-state index contributed by atoms with van der Waals surface area (Å²) in [7, 11) is 0. The van der Waals surface area contributed by atoms with Crippen molar-refractivity contribution in [2.75, 3.05) is 0 Å². The van der Waals surface area contributed by atoms with Crippen LogP contribution in [0.5, 0.6) is 0 Å². The van der Waals surface area contributed by atoms with E-state index in [4.69, 9.17) is 0 Å². The zero-order chi connectivity index (χ0) is 13.4. The van der Waals surface area contributed by atoms with Crippen molar-refractivity contribution >= 4 is 21.5 Å². The van der Waals surface area contributed by atoms with Gasteiger partial charge >= 0.3 is 0 Å². The van der Waals surface area contributed by atoms with Crippen molar-refractivity contribution in [3.63, 3.8) is 0 Å². The van der Waals surface area contributed by atoms with E-state index < -0.39 is 0 Å². The highest BCUT2D eigenvalue weighted by Gasteiger charge is 2.01. The number of fused-ring (bicyclic) bond motifs is 2. The van der Waals surface area contributed by atoms with Crippen LogP contribution >= 0.6 is 0 Å². The zero-order valence-corrected chi connectivity index (χ0v) is 10.8. The smallest absolute Gasteiger partial charge is 0.0346 e. The highest BCUT2D eigenvalue weighted by atomic mass is 14.6. The van der Waals surface area contributed by atoms with E-state index in [1.165, 1.54) is 32.7 Å². The van der Waals surface area contributed by atoms with Crippen molar-refractivity contribution in [2.45, 2.75) is 0 Å². The first kappa shape index (κ1) is 11.1. The molecule has 0 bridgehead atoms. The molecular weight excluding hydrogens is 244 g/mol. The zero-order valence-electron chi connectivity index (χ0n) is 10.8. The quantitative estimate of drug-likeness (QED) is 0.503. The molecule has 2 nitrogen and oxygen atoms in total. The summed E-state index contributed by atoms with van der Waals surface area (Å²) in [4.78, 5) is 8.30. The molecule has 0 aliphatic rings. The maximum absolute atomic E-state index is 4.15. The van der Waals surface area contributed by atoms with E-state index in [1.807, 2.05) is 36.9 Å². The van der Waals surface area contributed by atoms with E-state index in [9.17, 15) is 0 Å². The monoisotopic (exact) mass is 256 g/mol. The molecule has 0 aliphatic carbocycles. The third kappa shape index (κ3) is 1.82. The Morgan fingerprint density at radius 3 is 1.50 bits per heavy atom. The average Bonchev–Trinajstić information content (AvgIpc) is 2.54. The largest absolute Gasteiger partial charge is 0.264 e. The van der Waals surface area contributed by atoms with Crippen LogP contribution in [0.15, 0.2) is 73.3 Å². The number of rotatable bonds is 1. The molecule has 0 aliphatic heterocycles. The number of hydrogen-bond donors (Lipinski definition) is 0. The molecule has 4 aromatic rings. The van der Waals surface area contributed by atoms with Gasteiger partial charge in [0, 0.05) is 35.6 Å². The number of aromatic nitrogens is 2. The molecule has 0 unspecified atom stereocenters. The standard InChI is InChI=1S/C18H12N2/c1-3-17-11-19-7-5-15(17)9-13(1)14-2-4-18-12-20-8-6-16(18)10-14/h1-12H. The molecule has 94 valence electrons. The van der Waals surface area contributed by atoms with Gasteiger partial charge in [-0.3, -0.25) is 9.97 Å². The second kappa shape index (κ2) is 4.42. The highest BCUT2D eigenvalue weighted by molar-refractivity contribution is 5.90. The molecular formula is C18H12N2. The van der Waals surface area contributed by atoms with Crippen molar-refractivity contribution < 1.29 is 0 Å². The van der Waals surface area contributed by atoms with Crippen LogP contribution in [0.4, 0.5) is 0 Å². The third-order valence-electron chi connectivity index (χ3n) is 3.61. The SMILES string of the molecule is c1cc2cc(-c3ccc4cnccc4c3)ccc2cn1. The van der Waals surface area contributed by atoms with Gasteiger partial charge in [0.15, 0.2) is 0 Å². The molecule has 0 saturated heterocycles. The number of benzene rings is 2. The van der Waals surface area contributed by atoms with E-state index in [1.54, 1.807) is 0 Å². The fourth-order valence-corrected chi connectivity index (χ4v) is 2.53. The normalized spacial score (nSPS) is 11.0. The van der Waals surface area contributed by atoms with Gasteiger partial charge in [0.2, 0.25) is 0 Å². The summed E-state index contributed by atoms with van der Waals surface area (Å²) in [5, 5.41) is 4.77. The van der Waals surface area contributed by atoms with Crippen LogP contribution in [0.1, 0.15) is 0 Å². The summed E-state index contributed by atoms with van der Waals surface area (Å²) in [5.74, 6) is 0. The van der Waals surface area contributed by atoms with E-state index in [-0.39, 0.29) is 0 Å². The number of pyridine rings is 2. The van der Waals surface area contributed by atoms with Gasteiger partial charge in [-0.1, -0.05) is 24.3 Å². The Balaban J connectivity index is 1.91. The van der Waals surface area contributed by atoms with Crippen molar-refractivity contribution in [2.24, 2.45) is 0 Å². The summed E-state index contributed by atoms with van der Waals surface area (Å²) < 4.78 is 0. The van der Waals surface area contributed by atoms with Crippen LogP contribution < -0.4 is 0 Å². The fourth-order valence-electron chi connectivity index (χ4n) is 2.53. The van der Waals surface area contributed by atoms with Gasteiger partial charge in [-0.2, -0.15) is 0 Å². The second-order valence-corrected chi connectivity index (χ2v) is 4.88. The van der Waals surface area contributed by atoms with Crippen molar-refractivity contribution in [1.82, 2.24) is 9.97 Å². The van der Waals surface area contributed by atoms with Crippen LogP contribution in [0.2, 0.25) is 0 Å². The van der Waals surface area contributed by atoms with Crippen LogP contribution in [-0.2, 0) is 0 Å². The summed E-state index contributed by atoms with van der Waals surface area (Å²) in [6.07, 6.45) is 7.45. The molecule has 2 aromatic heterocycles. The maximum Gasteiger partial charge on any atom is 0.0346 e. The van der Waals surface area contributed by atoms with Crippen LogP contribution in [0.25, 0.3) is 32.7 Å². The topological polar surface area (TPSA) is 25.8 Å². The van der Waals surface area contributed by atoms with Crippen LogP contribution in [0, 0.1) is 0 Å². The van der Waals surface area contributed by atoms with Crippen molar-refractivity contribution in [3.8, 4) is 11.1 Å². The first-order valence-corrected chi connectivity index (χ1v) is 6.58. The maximum atomic E-state index is 4.15. The fraction of sp³-hybridized carbons (Fsp3) is 0. The number of hydrogen-bond acceptors (Lipinski definition) is 2. The lowest BCUT2D eigenvalue weighted by Gasteiger charge is -2.05. The molecule has 20 heavy (non-hydrogen) atoms. The Kier molecular flexibility index (Phi) is 2.46. The molecule has 0 saturated carbocycles. The van der Waals surface area contributed by atoms with Gasteiger partial charge < -0.3 is 0 Å². The minimum atomic E-state index is 1.17. The molecule has 2 aromatic carbocycles. The van der Waals surface area contributed by atoms with E-state index in [2.05, 4.69) is 46.4 Å². The van der Waals surface area contributed by atoms with Gasteiger partial charge in [-0.05, 0) is 46.2 Å². The predicted octanol–water partition coefficient (Wildman–Crippen LogP) is 4.45. The minimum Gasteiger partial charge on any atom is -0.264 e. The Labute approximate surface area is 116 Å². The van der Waals surface area contributed by atoms with Crippen molar-refractivity contribution in [3.05, 3.63) is 73.3 Å².